The number of hydrogen-bond donors (Lipinski definition) is 0. The Morgan fingerprint density at radius 2 is 1.71 bits per heavy atom. The number of halogens is 2. The van der Waals surface area contributed by atoms with Crippen molar-refractivity contribution in [2.75, 3.05) is 0 Å². The number of hydrogen-bond acceptors (Lipinski definition) is 2. The van der Waals surface area contributed by atoms with Gasteiger partial charge >= 0.3 is 5.97 Å². The van der Waals surface area contributed by atoms with E-state index in [2.05, 4.69) is 12.2 Å². The Labute approximate surface area is 140 Å². The summed E-state index contributed by atoms with van der Waals surface area (Å²) in [6.45, 7) is 2.01. The molecule has 0 unspecified atom stereocenters. The second-order valence-electron chi connectivity index (χ2n) is 6.30. The van der Waals surface area contributed by atoms with Crippen LogP contribution in [0.15, 0.2) is 42.5 Å². The molecule has 1 fully saturated rings. The van der Waals surface area contributed by atoms with Crippen molar-refractivity contribution < 1.29 is 18.3 Å². The van der Waals surface area contributed by atoms with Gasteiger partial charge in [-0.1, -0.05) is 18.2 Å². The molecule has 0 atom stereocenters. The van der Waals surface area contributed by atoms with Crippen molar-refractivity contribution in [3.63, 3.8) is 0 Å². The first kappa shape index (κ1) is 16.6. The first-order chi connectivity index (χ1) is 11.6. The molecule has 0 saturated heterocycles. The largest absolute Gasteiger partial charge is 0.459 e. The van der Waals surface area contributed by atoms with Gasteiger partial charge < -0.3 is 4.74 Å². The van der Waals surface area contributed by atoms with Crippen LogP contribution in [0.25, 0.3) is 10.8 Å². The first-order valence-electron chi connectivity index (χ1n) is 8.29. The van der Waals surface area contributed by atoms with E-state index < -0.39 is 17.6 Å². The molecule has 2 nitrogen and oxygen atoms in total. The Kier molecular flexibility index (Phi) is 4.93. The van der Waals surface area contributed by atoms with Crippen LogP contribution in [0.3, 0.4) is 0 Å². The number of ether oxygens (including phenoxy) is 1. The molecular weight excluding hydrogens is 310 g/mol. The number of rotatable bonds is 3. The maximum Gasteiger partial charge on any atom is 0.338 e. The summed E-state index contributed by atoms with van der Waals surface area (Å²) in [5.74, 6) is -1.65. The van der Waals surface area contributed by atoms with E-state index in [1.54, 1.807) is 18.2 Å². The second kappa shape index (κ2) is 7.12. The maximum absolute atomic E-state index is 13.4. The average molecular weight is 330 g/mol. The minimum Gasteiger partial charge on any atom is -0.459 e. The van der Waals surface area contributed by atoms with E-state index in [1.807, 2.05) is 6.92 Å². The highest BCUT2D eigenvalue weighted by atomic mass is 19.2. The standard InChI is InChI=1S/C20H20F2O2/c1-2-3-13-4-8-17(9-5-13)24-20(23)15-7-6-14-11-18(21)19(22)12-16(14)10-15/h2-3,6-7,10-13,17H,4-5,8-9H2,1H3/b3-2+. The van der Waals surface area contributed by atoms with Gasteiger partial charge in [-0.25, -0.2) is 13.6 Å². The van der Waals surface area contributed by atoms with Crippen molar-refractivity contribution in [3.8, 4) is 0 Å². The van der Waals surface area contributed by atoms with Crippen LogP contribution in [0.1, 0.15) is 43.0 Å². The van der Waals surface area contributed by atoms with Gasteiger partial charge in [0.05, 0.1) is 5.56 Å². The number of allylic oxidation sites excluding steroid dienone is 2. The SMILES string of the molecule is C/C=C/C1CCC(OC(=O)c2ccc3cc(F)c(F)cc3c2)CC1. The van der Waals surface area contributed by atoms with Crippen LogP contribution in [0.2, 0.25) is 0 Å². The molecule has 2 aromatic rings. The van der Waals surface area contributed by atoms with Gasteiger partial charge in [0, 0.05) is 0 Å². The molecule has 0 radical (unpaired) electrons. The lowest BCUT2D eigenvalue weighted by atomic mass is 9.87. The number of carbonyl (C=O) groups excluding carboxylic acids is 1. The summed E-state index contributed by atoms with van der Waals surface area (Å²) in [6, 6.07) is 6.97. The first-order valence-corrected chi connectivity index (χ1v) is 8.29. The number of fused-ring (bicyclic) bond motifs is 1. The van der Waals surface area contributed by atoms with Crippen molar-refractivity contribution >= 4 is 16.7 Å². The molecule has 2 aromatic carbocycles. The van der Waals surface area contributed by atoms with Crippen LogP contribution in [-0.4, -0.2) is 12.1 Å². The third kappa shape index (κ3) is 3.64. The summed E-state index contributed by atoms with van der Waals surface area (Å²) in [5, 5.41) is 1.04. The fourth-order valence-electron chi connectivity index (χ4n) is 3.26. The van der Waals surface area contributed by atoms with E-state index in [-0.39, 0.29) is 6.10 Å². The Morgan fingerprint density at radius 1 is 1.04 bits per heavy atom. The van der Waals surface area contributed by atoms with Crippen LogP contribution >= 0.6 is 0 Å². The Bertz CT molecular complexity index is 775. The van der Waals surface area contributed by atoms with E-state index in [4.69, 9.17) is 4.74 Å². The van der Waals surface area contributed by atoms with Gasteiger partial charge in [-0.05, 0) is 73.6 Å². The monoisotopic (exact) mass is 330 g/mol. The zero-order valence-electron chi connectivity index (χ0n) is 13.6. The Morgan fingerprint density at radius 3 is 2.38 bits per heavy atom. The van der Waals surface area contributed by atoms with Gasteiger partial charge in [-0.3, -0.25) is 0 Å². The number of benzene rings is 2. The van der Waals surface area contributed by atoms with Gasteiger partial charge in [-0.2, -0.15) is 0 Å². The minimum atomic E-state index is -0.921. The summed E-state index contributed by atoms with van der Waals surface area (Å²) in [7, 11) is 0. The zero-order chi connectivity index (χ0) is 17.1. The van der Waals surface area contributed by atoms with Crippen molar-refractivity contribution in [3.05, 3.63) is 59.7 Å². The molecule has 1 saturated carbocycles. The molecular formula is C20H20F2O2. The van der Waals surface area contributed by atoms with Crippen LogP contribution in [0, 0.1) is 17.6 Å². The van der Waals surface area contributed by atoms with Crippen molar-refractivity contribution in [1.82, 2.24) is 0 Å². The van der Waals surface area contributed by atoms with Crippen molar-refractivity contribution in [1.29, 1.82) is 0 Å². The predicted molar refractivity (Wildman–Crippen MR) is 89.8 cm³/mol. The van der Waals surface area contributed by atoms with Crippen LogP contribution in [-0.2, 0) is 4.74 Å². The molecule has 0 heterocycles. The summed E-state index contributed by atoms with van der Waals surface area (Å²) < 4.78 is 32.2. The number of esters is 1. The molecule has 0 amide bonds. The molecule has 24 heavy (non-hydrogen) atoms. The van der Waals surface area contributed by atoms with E-state index in [0.29, 0.717) is 22.3 Å². The third-order valence-corrected chi connectivity index (χ3v) is 4.57. The average Bonchev–Trinajstić information content (AvgIpc) is 2.57. The fourth-order valence-corrected chi connectivity index (χ4v) is 3.26. The molecule has 0 N–H and O–H groups in total. The fraction of sp³-hybridized carbons (Fsp3) is 0.350. The number of carbonyl (C=O) groups is 1. The van der Waals surface area contributed by atoms with E-state index >= 15 is 0 Å². The van der Waals surface area contributed by atoms with Crippen molar-refractivity contribution in [2.24, 2.45) is 5.92 Å². The topological polar surface area (TPSA) is 26.3 Å². The maximum atomic E-state index is 13.4. The third-order valence-electron chi connectivity index (χ3n) is 4.57. The van der Waals surface area contributed by atoms with Crippen LogP contribution in [0.4, 0.5) is 8.78 Å². The van der Waals surface area contributed by atoms with Crippen LogP contribution in [0.5, 0.6) is 0 Å². The van der Waals surface area contributed by atoms with E-state index in [9.17, 15) is 13.6 Å². The predicted octanol–water partition coefficient (Wildman–Crippen LogP) is 5.41. The molecule has 1 aliphatic rings. The molecule has 3 rings (SSSR count). The minimum absolute atomic E-state index is 0.0698. The zero-order valence-corrected chi connectivity index (χ0v) is 13.6. The summed E-state index contributed by atoms with van der Waals surface area (Å²) in [6.07, 6.45) is 7.94. The molecule has 0 spiro atoms. The summed E-state index contributed by atoms with van der Waals surface area (Å²) >= 11 is 0. The van der Waals surface area contributed by atoms with Gasteiger partial charge in [0.2, 0.25) is 0 Å². The quantitative estimate of drug-likeness (QED) is 0.555. The lowest BCUT2D eigenvalue weighted by molar-refractivity contribution is 0.0185. The lowest BCUT2D eigenvalue weighted by Gasteiger charge is -2.26. The molecule has 1 aliphatic carbocycles. The molecule has 0 bridgehead atoms. The molecule has 0 aromatic heterocycles. The summed E-state index contributed by atoms with van der Waals surface area (Å²) in [4.78, 5) is 12.3. The highest BCUT2D eigenvalue weighted by Gasteiger charge is 2.23. The van der Waals surface area contributed by atoms with Gasteiger partial charge in [0.25, 0.3) is 0 Å². The van der Waals surface area contributed by atoms with Gasteiger partial charge in [0.15, 0.2) is 11.6 Å². The highest BCUT2D eigenvalue weighted by Crippen LogP contribution is 2.28. The molecule has 126 valence electrons. The smallest absolute Gasteiger partial charge is 0.338 e. The van der Waals surface area contributed by atoms with Crippen LogP contribution < -0.4 is 0 Å². The molecule has 4 heteroatoms. The van der Waals surface area contributed by atoms with Crippen molar-refractivity contribution in [2.45, 2.75) is 38.7 Å². The highest BCUT2D eigenvalue weighted by molar-refractivity contribution is 5.95. The normalized spacial score (nSPS) is 21.3. The van der Waals surface area contributed by atoms with E-state index in [0.717, 1.165) is 37.8 Å². The van der Waals surface area contributed by atoms with Gasteiger partial charge in [-0.15, -0.1) is 0 Å². The van der Waals surface area contributed by atoms with Gasteiger partial charge in [0.1, 0.15) is 6.10 Å². The second-order valence-corrected chi connectivity index (χ2v) is 6.30. The van der Waals surface area contributed by atoms with E-state index in [1.165, 1.54) is 0 Å². The molecule has 0 aliphatic heterocycles. The lowest BCUT2D eigenvalue weighted by Crippen LogP contribution is -2.24. The Balaban J connectivity index is 1.69. The Hall–Kier alpha value is -2.23. The summed E-state index contributed by atoms with van der Waals surface area (Å²) in [5.41, 5.74) is 0.365.